The van der Waals surface area contributed by atoms with Crippen molar-refractivity contribution in [1.82, 2.24) is 15.1 Å². The van der Waals surface area contributed by atoms with Crippen LogP contribution in [0.1, 0.15) is 42.6 Å². The van der Waals surface area contributed by atoms with Crippen molar-refractivity contribution in [1.29, 1.82) is 0 Å². The number of aromatic nitrogens is 2. The number of benzene rings is 1. The molecule has 1 atom stereocenters. The number of amides is 1. The summed E-state index contributed by atoms with van der Waals surface area (Å²) in [5.41, 5.74) is 1.42. The van der Waals surface area contributed by atoms with E-state index in [1.165, 1.54) is 4.68 Å². The first-order chi connectivity index (χ1) is 14.0. The van der Waals surface area contributed by atoms with Crippen LogP contribution in [0.2, 0.25) is 0 Å². The van der Waals surface area contributed by atoms with Gasteiger partial charge in [0.2, 0.25) is 0 Å². The molecule has 2 aromatic rings. The van der Waals surface area contributed by atoms with E-state index in [4.69, 9.17) is 9.47 Å². The van der Waals surface area contributed by atoms with E-state index in [-0.39, 0.29) is 11.6 Å². The first-order valence-electron chi connectivity index (χ1n) is 9.75. The molecule has 156 valence electrons. The maximum absolute atomic E-state index is 12.9. The third kappa shape index (κ3) is 4.36. The first kappa shape index (κ1) is 20.7. The van der Waals surface area contributed by atoms with Crippen molar-refractivity contribution in [3.05, 3.63) is 30.0 Å². The fourth-order valence-electron chi connectivity index (χ4n) is 3.97. The van der Waals surface area contributed by atoms with Gasteiger partial charge < -0.3 is 19.9 Å². The molecule has 8 heteroatoms. The van der Waals surface area contributed by atoms with E-state index in [1.54, 1.807) is 45.5 Å². The number of carbonyl (C=O) groups excluding carboxylic acids is 1. The third-order valence-corrected chi connectivity index (χ3v) is 5.47. The molecular formula is C21H27N3O5. The van der Waals surface area contributed by atoms with Gasteiger partial charge in [-0.25, -0.2) is 4.79 Å². The van der Waals surface area contributed by atoms with Crippen LogP contribution in [0.5, 0.6) is 11.5 Å². The number of aryl methyl sites for hydroxylation is 1. The molecule has 0 saturated heterocycles. The Morgan fingerprint density at radius 3 is 2.34 bits per heavy atom. The van der Waals surface area contributed by atoms with Crippen molar-refractivity contribution in [3.63, 3.8) is 0 Å². The summed E-state index contributed by atoms with van der Waals surface area (Å²) in [7, 11) is 4.75. The number of hydrogen-bond acceptors (Lipinski definition) is 5. The van der Waals surface area contributed by atoms with Crippen LogP contribution < -0.4 is 14.8 Å². The molecule has 1 amide bonds. The molecule has 0 spiro atoms. The second-order valence-corrected chi connectivity index (χ2v) is 7.26. The summed E-state index contributed by atoms with van der Waals surface area (Å²) in [6.07, 6.45) is 4.72. The van der Waals surface area contributed by atoms with Gasteiger partial charge in [-0.3, -0.25) is 9.48 Å². The zero-order valence-corrected chi connectivity index (χ0v) is 17.0. The van der Waals surface area contributed by atoms with Crippen molar-refractivity contribution in [2.45, 2.75) is 38.1 Å². The zero-order chi connectivity index (χ0) is 21.0. The lowest BCUT2D eigenvalue weighted by Gasteiger charge is -2.27. The molecule has 1 aromatic carbocycles. The molecule has 1 fully saturated rings. The minimum Gasteiger partial charge on any atom is -0.496 e. The Kier molecular flexibility index (Phi) is 6.41. The van der Waals surface area contributed by atoms with Crippen LogP contribution in [0, 0.1) is 5.92 Å². The van der Waals surface area contributed by atoms with Gasteiger partial charge >= 0.3 is 5.97 Å². The van der Waals surface area contributed by atoms with Crippen molar-refractivity contribution in [3.8, 4) is 22.8 Å². The predicted octanol–water partition coefficient (Wildman–Crippen LogP) is 2.87. The smallest absolute Gasteiger partial charge is 0.326 e. The normalized spacial score (nSPS) is 15.6. The molecule has 1 aliphatic rings. The second-order valence-electron chi connectivity index (χ2n) is 7.26. The number of nitrogens with one attached hydrogen (secondary N) is 1. The first-order valence-corrected chi connectivity index (χ1v) is 9.75. The SMILES string of the molecule is COc1cccc(OC)c1-c1cc(C(=O)NC(C(=O)O)C2CCCCC2)n(C)n1. The lowest BCUT2D eigenvalue weighted by atomic mass is 9.84. The maximum Gasteiger partial charge on any atom is 0.326 e. The average molecular weight is 401 g/mol. The number of hydrogen-bond donors (Lipinski definition) is 2. The lowest BCUT2D eigenvalue weighted by molar-refractivity contribution is -0.141. The lowest BCUT2D eigenvalue weighted by Crippen LogP contribution is -2.47. The van der Waals surface area contributed by atoms with E-state index in [1.807, 2.05) is 0 Å². The van der Waals surface area contributed by atoms with Crippen LogP contribution in [-0.4, -0.2) is 47.0 Å². The standard InChI is InChI=1S/C21H27N3O5/c1-24-15(20(25)22-19(21(26)27)13-8-5-4-6-9-13)12-14(23-24)18-16(28-2)10-7-11-17(18)29-3/h7,10-13,19H,4-6,8-9H2,1-3H3,(H,22,25)(H,26,27). The van der Waals surface area contributed by atoms with E-state index in [0.29, 0.717) is 22.8 Å². The number of nitrogens with zero attached hydrogens (tertiary/aromatic N) is 2. The zero-order valence-electron chi connectivity index (χ0n) is 17.0. The molecular weight excluding hydrogens is 374 g/mol. The van der Waals surface area contributed by atoms with Gasteiger partial charge in [0.25, 0.3) is 5.91 Å². The minimum absolute atomic E-state index is 0.0489. The molecule has 0 aliphatic heterocycles. The fourth-order valence-corrected chi connectivity index (χ4v) is 3.97. The number of rotatable bonds is 7. The molecule has 1 aromatic heterocycles. The number of carboxylic acid groups (broad SMARTS) is 1. The summed E-state index contributed by atoms with van der Waals surface area (Å²) in [5, 5.41) is 16.8. The summed E-state index contributed by atoms with van der Waals surface area (Å²) in [6.45, 7) is 0. The Morgan fingerprint density at radius 1 is 1.17 bits per heavy atom. The molecule has 29 heavy (non-hydrogen) atoms. The van der Waals surface area contributed by atoms with Crippen LogP contribution in [0.4, 0.5) is 0 Å². The van der Waals surface area contributed by atoms with E-state index in [9.17, 15) is 14.7 Å². The monoisotopic (exact) mass is 401 g/mol. The molecule has 1 heterocycles. The van der Waals surface area contributed by atoms with Crippen LogP contribution in [0.3, 0.4) is 0 Å². The number of aliphatic carboxylic acids is 1. The van der Waals surface area contributed by atoms with E-state index in [2.05, 4.69) is 10.4 Å². The minimum atomic E-state index is -1.00. The Labute approximate surface area is 169 Å². The van der Waals surface area contributed by atoms with E-state index in [0.717, 1.165) is 32.1 Å². The number of carbonyl (C=O) groups is 2. The highest BCUT2D eigenvalue weighted by Crippen LogP contribution is 2.37. The fraction of sp³-hybridized carbons (Fsp3) is 0.476. The van der Waals surface area contributed by atoms with Gasteiger partial charge in [0.1, 0.15) is 28.9 Å². The summed E-state index contributed by atoms with van der Waals surface area (Å²) in [5.74, 6) is -0.371. The second kappa shape index (κ2) is 8.98. The third-order valence-electron chi connectivity index (χ3n) is 5.47. The number of carboxylic acids is 1. The van der Waals surface area contributed by atoms with Crippen molar-refractivity contribution < 1.29 is 24.2 Å². The van der Waals surface area contributed by atoms with E-state index < -0.39 is 17.9 Å². The quantitative estimate of drug-likeness (QED) is 0.740. The maximum atomic E-state index is 12.9. The molecule has 1 aliphatic carbocycles. The average Bonchev–Trinajstić information content (AvgIpc) is 3.12. The topological polar surface area (TPSA) is 103 Å². The predicted molar refractivity (Wildman–Crippen MR) is 107 cm³/mol. The Balaban J connectivity index is 1.88. The summed E-state index contributed by atoms with van der Waals surface area (Å²) in [4.78, 5) is 24.7. The summed E-state index contributed by atoms with van der Waals surface area (Å²) < 4.78 is 12.3. The Bertz CT molecular complexity index is 864. The van der Waals surface area contributed by atoms with E-state index >= 15 is 0 Å². The summed E-state index contributed by atoms with van der Waals surface area (Å²) >= 11 is 0. The molecule has 0 radical (unpaired) electrons. The highest BCUT2D eigenvalue weighted by Gasteiger charge is 2.32. The van der Waals surface area contributed by atoms with Gasteiger partial charge in [-0.15, -0.1) is 0 Å². The van der Waals surface area contributed by atoms with Crippen molar-refractivity contribution in [2.24, 2.45) is 13.0 Å². The van der Waals surface area contributed by atoms with Gasteiger partial charge in [0.05, 0.1) is 19.8 Å². The molecule has 1 saturated carbocycles. The Morgan fingerprint density at radius 2 is 1.79 bits per heavy atom. The van der Waals surface area contributed by atoms with Gasteiger partial charge in [-0.1, -0.05) is 25.3 Å². The van der Waals surface area contributed by atoms with Gasteiger partial charge in [-0.2, -0.15) is 5.10 Å². The van der Waals surface area contributed by atoms with Crippen molar-refractivity contribution >= 4 is 11.9 Å². The van der Waals surface area contributed by atoms with Gasteiger partial charge in [0.15, 0.2) is 0 Å². The van der Waals surface area contributed by atoms with Crippen LogP contribution in [0.25, 0.3) is 11.3 Å². The van der Waals surface area contributed by atoms with Crippen molar-refractivity contribution in [2.75, 3.05) is 14.2 Å². The number of ether oxygens (including phenoxy) is 2. The molecule has 1 unspecified atom stereocenters. The molecule has 3 rings (SSSR count). The Hall–Kier alpha value is -3.03. The van der Waals surface area contributed by atoms with Crippen LogP contribution >= 0.6 is 0 Å². The highest BCUT2D eigenvalue weighted by atomic mass is 16.5. The summed E-state index contributed by atoms with van der Waals surface area (Å²) in [6, 6.07) is 6.10. The number of methoxy groups -OCH3 is 2. The largest absolute Gasteiger partial charge is 0.496 e. The molecule has 2 N–H and O–H groups in total. The van der Waals surface area contributed by atoms with Gasteiger partial charge in [0, 0.05) is 7.05 Å². The highest BCUT2D eigenvalue weighted by molar-refractivity contribution is 5.96. The van der Waals surface area contributed by atoms with Gasteiger partial charge in [-0.05, 0) is 37.0 Å². The molecule has 8 nitrogen and oxygen atoms in total. The van der Waals surface area contributed by atoms with Crippen LogP contribution in [-0.2, 0) is 11.8 Å². The van der Waals surface area contributed by atoms with Crippen LogP contribution in [0.15, 0.2) is 24.3 Å². The molecule has 0 bridgehead atoms.